The molecule has 10 nitrogen and oxygen atoms in total. The molecule has 0 aliphatic heterocycles. The van der Waals surface area contributed by atoms with E-state index in [0.717, 1.165) is 4.80 Å². The largest absolute Gasteiger partial charge is 0.389 e. The van der Waals surface area contributed by atoms with Crippen LogP contribution in [0.1, 0.15) is 47.4 Å². The Labute approximate surface area is 194 Å². The highest BCUT2D eigenvalue weighted by Crippen LogP contribution is 2.43. The summed E-state index contributed by atoms with van der Waals surface area (Å²) in [5.74, 6) is -4.85. The number of rotatable bonds is 9. The monoisotopic (exact) mass is 500 g/mol. The number of carbonyl (C=O) groups excluding carboxylic acids is 2. The Bertz CT molecular complexity index is 1220. The number of nitrogens with zero attached hydrogens (tertiary/aromatic N) is 6. The fourth-order valence-electron chi connectivity index (χ4n) is 3.43. The minimum Gasteiger partial charge on any atom is -0.352 e. The Morgan fingerprint density at radius 3 is 2.63 bits per heavy atom. The smallest absolute Gasteiger partial charge is 0.352 e. The predicted molar refractivity (Wildman–Crippen MR) is 109 cm³/mol. The highest BCUT2D eigenvalue weighted by molar-refractivity contribution is 5.91. The van der Waals surface area contributed by atoms with Crippen molar-refractivity contribution in [1.82, 2.24) is 40.2 Å². The third kappa shape index (κ3) is 6.27. The summed E-state index contributed by atoms with van der Waals surface area (Å²) in [5, 5.41) is 17.0. The summed E-state index contributed by atoms with van der Waals surface area (Å²) in [7, 11) is 0. The Hall–Kier alpha value is -3.65. The van der Waals surface area contributed by atoms with E-state index in [9.17, 15) is 31.5 Å². The van der Waals surface area contributed by atoms with Gasteiger partial charge >= 0.3 is 6.18 Å². The van der Waals surface area contributed by atoms with Crippen LogP contribution in [0.5, 0.6) is 0 Å². The zero-order chi connectivity index (χ0) is 25.2. The van der Waals surface area contributed by atoms with Gasteiger partial charge in [-0.2, -0.15) is 28.2 Å². The molecule has 2 amide bonds. The summed E-state index contributed by atoms with van der Waals surface area (Å²) in [5.41, 5.74) is 1.38. The van der Waals surface area contributed by atoms with Crippen molar-refractivity contribution in [2.75, 3.05) is 0 Å². The minimum absolute atomic E-state index is 0.0123. The van der Waals surface area contributed by atoms with Gasteiger partial charge in [0.1, 0.15) is 0 Å². The molecule has 3 heterocycles. The first-order valence-electron chi connectivity index (χ1n) is 10.7. The molecule has 1 unspecified atom stereocenters. The zero-order valence-corrected chi connectivity index (χ0v) is 18.2. The van der Waals surface area contributed by atoms with Crippen LogP contribution < -0.4 is 10.6 Å². The molecule has 188 valence electrons. The lowest BCUT2D eigenvalue weighted by Gasteiger charge is -2.35. The summed E-state index contributed by atoms with van der Waals surface area (Å²) < 4.78 is 64.8. The van der Waals surface area contributed by atoms with Crippen LogP contribution in [0.2, 0.25) is 0 Å². The lowest BCUT2D eigenvalue weighted by Crippen LogP contribution is -2.41. The van der Waals surface area contributed by atoms with Crippen molar-refractivity contribution in [1.29, 1.82) is 0 Å². The number of amides is 2. The lowest BCUT2D eigenvalue weighted by molar-refractivity contribution is -0.144. The summed E-state index contributed by atoms with van der Waals surface area (Å²) in [6.45, 7) is -0.0513. The van der Waals surface area contributed by atoms with E-state index in [2.05, 4.69) is 30.9 Å². The third-order valence-corrected chi connectivity index (χ3v) is 5.56. The van der Waals surface area contributed by atoms with Gasteiger partial charge in [0, 0.05) is 25.3 Å². The second-order valence-electron chi connectivity index (χ2n) is 8.25. The fourth-order valence-corrected chi connectivity index (χ4v) is 3.43. The number of aromatic nitrogens is 6. The number of hydrogen-bond donors (Lipinski definition) is 2. The van der Waals surface area contributed by atoms with E-state index in [1.807, 2.05) is 0 Å². The molecular formula is C20H21F5N8O2. The average Bonchev–Trinajstić information content (AvgIpc) is 3.43. The van der Waals surface area contributed by atoms with Crippen molar-refractivity contribution >= 4 is 17.5 Å². The molecule has 0 radical (unpaired) electrons. The molecular weight excluding hydrogens is 479 g/mol. The molecule has 3 aromatic rings. The van der Waals surface area contributed by atoms with E-state index in [4.69, 9.17) is 0 Å². The molecule has 2 N–H and O–H groups in total. The lowest BCUT2D eigenvalue weighted by atomic mass is 9.81. The first kappa shape index (κ1) is 24.5. The molecule has 0 spiro atoms. The van der Waals surface area contributed by atoms with Crippen molar-refractivity contribution in [3.05, 3.63) is 41.6 Å². The molecule has 1 fully saturated rings. The quantitative estimate of drug-likeness (QED) is 0.435. The maximum Gasteiger partial charge on any atom is 0.389 e. The van der Waals surface area contributed by atoms with E-state index in [1.165, 1.54) is 16.9 Å². The van der Waals surface area contributed by atoms with Crippen molar-refractivity contribution < 1.29 is 31.5 Å². The molecule has 1 aliphatic carbocycles. The van der Waals surface area contributed by atoms with Gasteiger partial charge in [0.05, 0.1) is 43.8 Å². The van der Waals surface area contributed by atoms with E-state index in [0.29, 0.717) is 23.3 Å². The second-order valence-corrected chi connectivity index (χ2v) is 8.25. The minimum atomic E-state index is -4.40. The van der Waals surface area contributed by atoms with E-state index in [1.54, 1.807) is 12.3 Å². The number of imidazole rings is 1. The van der Waals surface area contributed by atoms with Gasteiger partial charge in [0.2, 0.25) is 5.91 Å². The Morgan fingerprint density at radius 1 is 1.14 bits per heavy atom. The van der Waals surface area contributed by atoms with Crippen LogP contribution in [-0.4, -0.2) is 53.5 Å². The Balaban J connectivity index is 1.28. The highest BCUT2D eigenvalue weighted by Gasteiger charge is 2.48. The number of nitrogens with one attached hydrogen (secondary N) is 2. The molecule has 1 atom stereocenters. The van der Waals surface area contributed by atoms with Crippen molar-refractivity contribution in [2.24, 2.45) is 5.92 Å². The van der Waals surface area contributed by atoms with E-state index < -0.39 is 42.7 Å². The molecule has 0 bridgehead atoms. The summed E-state index contributed by atoms with van der Waals surface area (Å²) in [6, 6.07) is 1.60. The van der Waals surface area contributed by atoms with Crippen LogP contribution >= 0.6 is 0 Å². The Morgan fingerprint density at radius 2 is 1.94 bits per heavy atom. The van der Waals surface area contributed by atoms with Gasteiger partial charge in [-0.25, -0.2) is 18.3 Å². The van der Waals surface area contributed by atoms with Crippen molar-refractivity contribution in [3.63, 3.8) is 0 Å². The maximum absolute atomic E-state index is 13.4. The molecule has 3 aromatic heterocycles. The zero-order valence-electron chi connectivity index (χ0n) is 18.2. The van der Waals surface area contributed by atoms with Crippen molar-refractivity contribution in [2.45, 2.75) is 57.4 Å². The fraction of sp³-hybridized carbons (Fsp3) is 0.500. The van der Waals surface area contributed by atoms with E-state index >= 15 is 0 Å². The molecule has 1 aliphatic rings. The van der Waals surface area contributed by atoms with Gasteiger partial charge in [-0.1, -0.05) is 0 Å². The average molecular weight is 500 g/mol. The van der Waals surface area contributed by atoms with Crippen LogP contribution in [-0.2, 0) is 24.4 Å². The van der Waals surface area contributed by atoms with Crippen LogP contribution in [0.3, 0.4) is 0 Å². The van der Waals surface area contributed by atoms with Gasteiger partial charge in [0.25, 0.3) is 11.8 Å². The molecule has 4 rings (SSSR count). The molecule has 15 heteroatoms. The molecule has 1 saturated carbocycles. The van der Waals surface area contributed by atoms with Gasteiger partial charge < -0.3 is 10.6 Å². The normalized spacial score (nSPS) is 17.2. The molecule has 0 aromatic carbocycles. The summed E-state index contributed by atoms with van der Waals surface area (Å²) in [4.78, 5) is 29.3. The Kier molecular flexibility index (Phi) is 6.67. The van der Waals surface area contributed by atoms with Gasteiger partial charge in [-0.15, -0.1) is 5.10 Å². The second kappa shape index (κ2) is 9.54. The SMILES string of the molecule is O=C(CCC(F)(F)F)NCc1cnn2cc(CNC(=O)c3cnn(CC4CCC4(F)F)n3)nc2c1. The highest BCUT2D eigenvalue weighted by atomic mass is 19.4. The number of carbonyl (C=O) groups is 2. The van der Waals surface area contributed by atoms with E-state index in [-0.39, 0.29) is 31.7 Å². The maximum atomic E-state index is 13.4. The predicted octanol–water partition coefficient (Wildman–Crippen LogP) is 2.25. The third-order valence-electron chi connectivity index (χ3n) is 5.56. The standard InChI is InChI=1S/C20H21F5N8O2/c21-19(22)3-1-13(19)10-33-29-9-15(31-33)18(35)27-8-14-11-32-16(30-14)5-12(7-28-32)6-26-17(34)2-4-20(23,24)25/h5,7,9,11,13H,1-4,6,8,10H2,(H,26,34)(H,27,35). The summed E-state index contributed by atoms with van der Waals surface area (Å²) >= 11 is 0. The van der Waals surface area contributed by atoms with Gasteiger partial charge in [-0.3, -0.25) is 9.59 Å². The van der Waals surface area contributed by atoms with Crippen LogP contribution in [0.25, 0.3) is 5.65 Å². The number of fused-ring (bicyclic) bond motifs is 1. The first-order chi connectivity index (χ1) is 16.5. The van der Waals surface area contributed by atoms with Gasteiger partial charge in [0.15, 0.2) is 11.3 Å². The molecule has 35 heavy (non-hydrogen) atoms. The van der Waals surface area contributed by atoms with Gasteiger partial charge in [-0.05, 0) is 18.1 Å². The number of alkyl halides is 5. The first-order valence-corrected chi connectivity index (χ1v) is 10.7. The number of hydrogen-bond acceptors (Lipinski definition) is 6. The van der Waals surface area contributed by atoms with Crippen molar-refractivity contribution in [3.8, 4) is 0 Å². The van der Waals surface area contributed by atoms with Crippen LogP contribution in [0, 0.1) is 5.92 Å². The number of halogens is 5. The topological polar surface area (TPSA) is 119 Å². The molecule has 0 saturated heterocycles. The summed E-state index contributed by atoms with van der Waals surface area (Å²) in [6.07, 6.45) is -1.83. The van der Waals surface area contributed by atoms with Crippen LogP contribution in [0.15, 0.2) is 24.7 Å². The van der Waals surface area contributed by atoms with Crippen LogP contribution in [0.4, 0.5) is 22.0 Å².